The van der Waals surface area contributed by atoms with Gasteiger partial charge in [0.15, 0.2) is 5.16 Å². The van der Waals surface area contributed by atoms with Crippen LogP contribution in [-0.4, -0.2) is 33.1 Å². The molecular formula is C11H19N3O2S. The first-order valence-corrected chi connectivity index (χ1v) is 6.91. The second-order valence-corrected chi connectivity index (χ2v) is 4.44. The molecule has 0 aliphatic heterocycles. The van der Waals surface area contributed by atoms with Gasteiger partial charge in [-0.15, -0.1) is 10.2 Å². The Morgan fingerprint density at radius 2 is 2.12 bits per heavy atom. The molecule has 0 amide bonds. The third-order valence-electron chi connectivity index (χ3n) is 2.18. The van der Waals surface area contributed by atoms with Crippen LogP contribution in [0, 0.1) is 0 Å². The Bertz CT molecular complexity index is 366. The van der Waals surface area contributed by atoms with Crippen LogP contribution in [0.3, 0.4) is 0 Å². The third kappa shape index (κ3) is 4.03. The standard InChI is InChI=1S/C11H19N3O2S/c1-4-7-14-9(5-2)12-13-11(14)17-8-10(15)16-6-3/h4-8H2,1-3H3. The molecule has 96 valence electrons. The molecule has 0 bridgehead atoms. The van der Waals surface area contributed by atoms with E-state index in [0.29, 0.717) is 12.4 Å². The van der Waals surface area contributed by atoms with Crippen LogP contribution in [-0.2, 0) is 22.5 Å². The second-order valence-electron chi connectivity index (χ2n) is 3.50. The SMILES string of the molecule is CCCn1c(CC)nnc1SCC(=O)OCC. The van der Waals surface area contributed by atoms with Gasteiger partial charge in [0.05, 0.1) is 12.4 Å². The predicted molar refractivity (Wildman–Crippen MR) is 67.0 cm³/mol. The van der Waals surface area contributed by atoms with Gasteiger partial charge < -0.3 is 9.30 Å². The maximum Gasteiger partial charge on any atom is 0.316 e. The van der Waals surface area contributed by atoms with Crippen molar-refractivity contribution in [2.75, 3.05) is 12.4 Å². The van der Waals surface area contributed by atoms with E-state index in [1.54, 1.807) is 6.92 Å². The van der Waals surface area contributed by atoms with Gasteiger partial charge in [0.25, 0.3) is 0 Å². The van der Waals surface area contributed by atoms with Crippen LogP contribution in [0.1, 0.15) is 33.0 Å². The van der Waals surface area contributed by atoms with Gasteiger partial charge in [0, 0.05) is 13.0 Å². The van der Waals surface area contributed by atoms with Gasteiger partial charge >= 0.3 is 5.97 Å². The van der Waals surface area contributed by atoms with E-state index >= 15 is 0 Å². The zero-order valence-electron chi connectivity index (χ0n) is 10.6. The molecule has 1 rings (SSSR count). The third-order valence-corrected chi connectivity index (χ3v) is 3.12. The lowest BCUT2D eigenvalue weighted by Crippen LogP contribution is -2.09. The number of carbonyl (C=O) groups is 1. The van der Waals surface area contributed by atoms with Gasteiger partial charge in [-0.05, 0) is 13.3 Å². The molecule has 0 spiro atoms. The van der Waals surface area contributed by atoms with Gasteiger partial charge in [-0.2, -0.15) is 0 Å². The number of thioether (sulfide) groups is 1. The minimum atomic E-state index is -0.207. The van der Waals surface area contributed by atoms with E-state index in [2.05, 4.69) is 28.6 Å². The number of esters is 1. The van der Waals surface area contributed by atoms with Crippen LogP contribution < -0.4 is 0 Å². The fourth-order valence-corrected chi connectivity index (χ4v) is 2.24. The topological polar surface area (TPSA) is 57.0 Å². The lowest BCUT2D eigenvalue weighted by Gasteiger charge is -2.07. The number of aromatic nitrogens is 3. The highest BCUT2D eigenvalue weighted by molar-refractivity contribution is 7.99. The normalized spacial score (nSPS) is 10.5. The van der Waals surface area contributed by atoms with Crippen molar-refractivity contribution in [3.63, 3.8) is 0 Å². The molecule has 5 nitrogen and oxygen atoms in total. The highest BCUT2D eigenvalue weighted by Crippen LogP contribution is 2.18. The minimum absolute atomic E-state index is 0.207. The summed E-state index contributed by atoms with van der Waals surface area (Å²) in [6.45, 7) is 7.27. The molecule has 0 radical (unpaired) electrons. The molecule has 0 N–H and O–H groups in total. The lowest BCUT2D eigenvalue weighted by atomic mass is 10.4. The van der Waals surface area contributed by atoms with Gasteiger partial charge in [-0.3, -0.25) is 4.79 Å². The summed E-state index contributed by atoms with van der Waals surface area (Å²) < 4.78 is 6.95. The van der Waals surface area contributed by atoms with E-state index in [9.17, 15) is 4.79 Å². The van der Waals surface area contributed by atoms with E-state index < -0.39 is 0 Å². The van der Waals surface area contributed by atoms with E-state index in [4.69, 9.17) is 4.74 Å². The van der Waals surface area contributed by atoms with Crippen LogP contribution in [0.2, 0.25) is 0 Å². The summed E-state index contributed by atoms with van der Waals surface area (Å²) in [6.07, 6.45) is 1.88. The quantitative estimate of drug-likeness (QED) is 0.551. The number of hydrogen-bond donors (Lipinski definition) is 0. The summed E-state index contributed by atoms with van der Waals surface area (Å²) in [6, 6.07) is 0. The molecule has 17 heavy (non-hydrogen) atoms. The van der Waals surface area contributed by atoms with Crippen LogP contribution in [0.25, 0.3) is 0 Å². The number of hydrogen-bond acceptors (Lipinski definition) is 5. The molecular weight excluding hydrogens is 238 g/mol. The van der Waals surface area contributed by atoms with Crippen molar-refractivity contribution >= 4 is 17.7 Å². The fourth-order valence-electron chi connectivity index (χ4n) is 1.46. The predicted octanol–water partition coefficient (Wildman–Crippen LogP) is 1.91. The van der Waals surface area contributed by atoms with E-state index in [-0.39, 0.29) is 5.97 Å². The van der Waals surface area contributed by atoms with Crippen molar-refractivity contribution in [1.29, 1.82) is 0 Å². The zero-order valence-corrected chi connectivity index (χ0v) is 11.4. The summed E-state index contributed by atoms with van der Waals surface area (Å²) in [4.78, 5) is 11.3. The van der Waals surface area contributed by atoms with Gasteiger partial charge in [0.1, 0.15) is 5.82 Å². The van der Waals surface area contributed by atoms with Crippen LogP contribution >= 0.6 is 11.8 Å². The van der Waals surface area contributed by atoms with Gasteiger partial charge in [-0.25, -0.2) is 0 Å². The maximum absolute atomic E-state index is 11.3. The zero-order chi connectivity index (χ0) is 12.7. The fraction of sp³-hybridized carbons (Fsp3) is 0.727. The van der Waals surface area contributed by atoms with Crippen LogP contribution in [0.4, 0.5) is 0 Å². The molecule has 6 heteroatoms. The van der Waals surface area contributed by atoms with Crippen molar-refractivity contribution in [1.82, 2.24) is 14.8 Å². The highest BCUT2D eigenvalue weighted by atomic mass is 32.2. The molecule has 1 aromatic rings. The number of ether oxygens (including phenoxy) is 1. The average molecular weight is 257 g/mol. The first-order chi connectivity index (χ1) is 8.22. The van der Waals surface area contributed by atoms with Crippen molar-refractivity contribution in [3.05, 3.63) is 5.82 Å². The summed E-state index contributed by atoms with van der Waals surface area (Å²) in [5, 5.41) is 9.03. The molecule has 0 aromatic carbocycles. The Morgan fingerprint density at radius 3 is 2.71 bits per heavy atom. The Morgan fingerprint density at radius 1 is 1.35 bits per heavy atom. The Labute approximate surface area is 106 Å². The van der Waals surface area contributed by atoms with Crippen molar-refractivity contribution in [2.24, 2.45) is 0 Å². The molecule has 0 fully saturated rings. The second kappa shape index (κ2) is 7.32. The molecule has 0 atom stereocenters. The minimum Gasteiger partial charge on any atom is -0.465 e. The smallest absolute Gasteiger partial charge is 0.316 e. The van der Waals surface area contributed by atoms with Crippen molar-refractivity contribution in [3.8, 4) is 0 Å². The number of aryl methyl sites for hydroxylation is 1. The van der Waals surface area contributed by atoms with Gasteiger partial charge in [-0.1, -0.05) is 25.6 Å². The van der Waals surface area contributed by atoms with Crippen LogP contribution in [0.15, 0.2) is 5.16 Å². The molecule has 1 heterocycles. The summed E-state index contributed by atoms with van der Waals surface area (Å²) in [7, 11) is 0. The highest BCUT2D eigenvalue weighted by Gasteiger charge is 2.12. The van der Waals surface area contributed by atoms with Gasteiger partial charge in [0.2, 0.25) is 0 Å². The Kier molecular flexibility index (Phi) is 6.04. The lowest BCUT2D eigenvalue weighted by molar-refractivity contribution is -0.139. The molecule has 0 aliphatic rings. The van der Waals surface area contributed by atoms with Crippen LogP contribution in [0.5, 0.6) is 0 Å². The van der Waals surface area contributed by atoms with Crippen molar-refractivity contribution in [2.45, 2.75) is 45.3 Å². The number of nitrogens with zero attached hydrogens (tertiary/aromatic N) is 3. The largest absolute Gasteiger partial charge is 0.465 e. The van der Waals surface area contributed by atoms with E-state index in [1.807, 2.05) is 0 Å². The van der Waals surface area contributed by atoms with Crippen molar-refractivity contribution < 1.29 is 9.53 Å². The summed E-state index contributed by atoms with van der Waals surface area (Å²) in [5.41, 5.74) is 0. The molecule has 0 unspecified atom stereocenters. The molecule has 0 saturated heterocycles. The number of carbonyl (C=O) groups excluding carboxylic acids is 1. The first kappa shape index (κ1) is 14.0. The Hall–Kier alpha value is -1.04. The van der Waals surface area contributed by atoms with E-state index in [0.717, 1.165) is 30.4 Å². The summed E-state index contributed by atoms with van der Waals surface area (Å²) in [5.74, 6) is 1.05. The average Bonchev–Trinajstić information content (AvgIpc) is 2.70. The number of rotatable bonds is 7. The monoisotopic (exact) mass is 257 g/mol. The maximum atomic E-state index is 11.3. The summed E-state index contributed by atoms with van der Waals surface area (Å²) >= 11 is 1.39. The molecule has 0 saturated carbocycles. The molecule has 0 aliphatic carbocycles. The van der Waals surface area contributed by atoms with E-state index in [1.165, 1.54) is 11.8 Å². The first-order valence-electron chi connectivity index (χ1n) is 5.93. The molecule has 1 aromatic heterocycles. The Balaban J connectivity index is 2.63.